The average molecular weight is 335 g/mol. The molecule has 2 aromatic heterocycles. The number of hydrogen-bond donors (Lipinski definition) is 4. The molecule has 3 rings (SSSR count). The Balaban J connectivity index is 2.18. The van der Waals surface area contributed by atoms with Gasteiger partial charge in [-0.1, -0.05) is 0 Å². The Morgan fingerprint density at radius 2 is 2.29 bits per heavy atom. The fraction of sp³-hybridized carbons (Fsp3) is 0.500. The van der Waals surface area contributed by atoms with Crippen molar-refractivity contribution in [3.05, 3.63) is 23.9 Å². The number of rotatable bonds is 4. The van der Waals surface area contributed by atoms with Crippen molar-refractivity contribution in [3.8, 4) is 0 Å². The SMILES string of the molecule is [C-]#[N+]c1cn(C2OC(CO)C(O)[C@@]2(C)O)c2ncnc(NOC)c12. The van der Waals surface area contributed by atoms with Crippen molar-refractivity contribution >= 4 is 22.5 Å². The fourth-order valence-corrected chi connectivity index (χ4v) is 2.89. The van der Waals surface area contributed by atoms with Crippen molar-refractivity contribution in [2.45, 2.75) is 31.0 Å². The van der Waals surface area contributed by atoms with Gasteiger partial charge in [0.15, 0.2) is 12.0 Å². The number of nitrogens with one attached hydrogen (secondary N) is 1. The molecule has 4 atom stereocenters. The van der Waals surface area contributed by atoms with E-state index in [9.17, 15) is 15.3 Å². The van der Waals surface area contributed by atoms with Gasteiger partial charge in [0.2, 0.25) is 5.69 Å². The minimum atomic E-state index is -1.68. The van der Waals surface area contributed by atoms with Gasteiger partial charge in [-0.2, -0.15) is 0 Å². The third-order valence-corrected chi connectivity index (χ3v) is 4.10. The second kappa shape index (κ2) is 5.97. The van der Waals surface area contributed by atoms with Crippen molar-refractivity contribution in [3.63, 3.8) is 0 Å². The second-order valence-corrected chi connectivity index (χ2v) is 5.64. The molecular formula is C14H17N5O5. The van der Waals surface area contributed by atoms with Gasteiger partial charge in [0, 0.05) is 6.20 Å². The van der Waals surface area contributed by atoms with Gasteiger partial charge >= 0.3 is 0 Å². The van der Waals surface area contributed by atoms with Crippen LogP contribution in [0.2, 0.25) is 0 Å². The van der Waals surface area contributed by atoms with Crippen LogP contribution in [0.5, 0.6) is 0 Å². The molecule has 0 spiro atoms. The number of fused-ring (bicyclic) bond motifs is 1. The van der Waals surface area contributed by atoms with Gasteiger partial charge in [-0.25, -0.2) is 20.3 Å². The van der Waals surface area contributed by atoms with Gasteiger partial charge in [-0.05, 0) is 6.92 Å². The summed E-state index contributed by atoms with van der Waals surface area (Å²) in [6, 6.07) is 0. The van der Waals surface area contributed by atoms with Gasteiger partial charge in [0.05, 0.1) is 25.7 Å². The number of ether oxygens (including phenoxy) is 1. The molecule has 4 N–H and O–H groups in total. The quantitative estimate of drug-likeness (QED) is 0.453. The molecule has 24 heavy (non-hydrogen) atoms. The van der Waals surface area contributed by atoms with E-state index >= 15 is 0 Å². The summed E-state index contributed by atoms with van der Waals surface area (Å²) in [7, 11) is 1.41. The average Bonchev–Trinajstić information content (AvgIpc) is 3.04. The van der Waals surface area contributed by atoms with Crippen molar-refractivity contribution in [2.75, 3.05) is 19.2 Å². The summed E-state index contributed by atoms with van der Waals surface area (Å²) in [4.78, 5) is 16.5. The summed E-state index contributed by atoms with van der Waals surface area (Å²) in [5.74, 6) is 0.296. The van der Waals surface area contributed by atoms with Crippen molar-refractivity contribution in [1.29, 1.82) is 0 Å². The van der Waals surface area contributed by atoms with Crippen LogP contribution in [0.15, 0.2) is 12.5 Å². The van der Waals surface area contributed by atoms with Crippen LogP contribution in [0.4, 0.5) is 11.5 Å². The summed E-state index contributed by atoms with van der Waals surface area (Å²) in [6.45, 7) is 8.30. The summed E-state index contributed by atoms with van der Waals surface area (Å²) in [5, 5.41) is 30.5. The van der Waals surface area contributed by atoms with E-state index in [1.54, 1.807) is 0 Å². The fourth-order valence-electron chi connectivity index (χ4n) is 2.89. The second-order valence-electron chi connectivity index (χ2n) is 5.64. The zero-order valence-electron chi connectivity index (χ0n) is 13.0. The Kier molecular flexibility index (Phi) is 4.12. The zero-order chi connectivity index (χ0) is 17.5. The molecule has 10 heteroatoms. The summed E-state index contributed by atoms with van der Waals surface area (Å²) >= 11 is 0. The highest BCUT2D eigenvalue weighted by molar-refractivity contribution is 5.99. The van der Waals surface area contributed by atoms with Crippen molar-refractivity contribution < 1.29 is 24.9 Å². The van der Waals surface area contributed by atoms with Crippen molar-refractivity contribution in [2.24, 2.45) is 0 Å². The normalized spacial score (nSPS) is 29.8. The Hall–Kier alpha value is -2.29. The van der Waals surface area contributed by atoms with Gasteiger partial charge in [0.25, 0.3) is 0 Å². The number of anilines is 1. The topological polar surface area (TPSA) is 126 Å². The lowest BCUT2D eigenvalue weighted by atomic mass is 9.96. The smallest absolute Gasteiger partial charge is 0.217 e. The highest BCUT2D eigenvalue weighted by Gasteiger charge is 2.53. The third kappa shape index (κ3) is 2.31. The highest BCUT2D eigenvalue weighted by atomic mass is 16.6. The predicted octanol–water partition coefficient (Wildman–Crippen LogP) is -0.0430. The molecule has 128 valence electrons. The molecule has 1 saturated heterocycles. The Bertz CT molecular complexity index is 799. The molecule has 1 aliphatic heterocycles. The van der Waals surface area contributed by atoms with E-state index in [0.29, 0.717) is 16.9 Å². The third-order valence-electron chi connectivity index (χ3n) is 4.10. The lowest BCUT2D eigenvalue weighted by molar-refractivity contribution is -0.0947. The lowest BCUT2D eigenvalue weighted by Gasteiger charge is -2.27. The van der Waals surface area contributed by atoms with Gasteiger partial charge in [0.1, 0.15) is 29.8 Å². The molecule has 3 unspecified atom stereocenters. The molecule has 1 aliphatic rings. The Morgan fingerprint density at radius 1 is 1.54 bits per heavy atom. The number of hydrogen-bond acceptors (Lipinski definition) is 8. The predicted molar refractivity (Wildman–Crippen MR) is 82.0 cm³/mol. The van der Waals surface area contributed by atoms with Crippen LogP contribution in [0.1, 0.15) is 13.2 Å². The summed E-state index contributed by atoms with van der Waals surface area (Å²) in [5.41, 5.74) is 1.45. The van der Waals surface area contributed by atoms with E-state index in [-0.39, 0.29) is 5.69 Å². The maximum absolute atomic E-state index is 10.6. The van der Waals surface area contributed by atoms with Crippen LogP contribution in [0.3, 0.4) is 0 Å². The summed E-state index contributed by atoms with van der Waals surface area (Å²) in [6.07, 6.45) is -0.541. The summed E-state index contributed by atoms with van der Waals surface area (Å²) < 4.78 is 7.04. The Labute approximate surface area is 137 Å². The molecule has 3 heterocycles. The van der Waals surface area contributed by atoms with Gasteiger partial charge in [-0.3, -0.25) is 4.84 Å². The van der Waals surface area contributed by atoms with E-state index in [0.717, 1.165) is 0 Å². The first kappa shape index (κ1) is 16.6. The molecule has 1 fully saturated rings. The molecule has 0 aromatic carbocycles. The number of nitrogens with zero attached hydrogens (tertiary/aromatic N) is 4. The van der Waals surface area contributed by atoms with Crippen LogP contribution in [-0.4, -0.2) is 61.4 Å². The maximum atomic E-state index is 10.6. The van der Waals surface area contributed by atoms with E-state index in [2.05, 4.69) is 20.3 Å². The number of aromatic nitrogens is 3. The molecule has 0 saturated carbocycles. The van der Waals surface area contributed by atoms with E-state index in [4.69, 9.17) is 16.1 Å². The molecule has 0 bridgehead atoms. The molecule has 0 amide bonds. The zero-order valence-corrected chi connectivity index (χ0v) is 13.0. The highest BCUT2D eigenvalue weighted by Crippen LogP contribution is 2.42. The lowest BCUT2D eigenvalue weighted by Crippen LogP contribution is -2.44. The Morgan fingerprint density at radius 3 is 2.88 bits per heavy atom. The molecule has 0 radical (unpaired) electrons. The maximum Gasteiger partial charge on any atom is 0.217 e. The first-order valence-electron chi connectivity index (χ1n) is 7.14. The van der Waals surface area contributed by atoms with Crippen molar-refractivity contribution in [1.82, 2.24) is 14.5 Å². The number of aliphatic hydroxyl groups excluding tert-OH is 2. The van der Waals surface area contributed by atoms with E-state index in [1.165, 1.54) is 31.1 Å². The largest absolute Gasteiger partial charge is 0.394 e. The first-order valence-corrected chi connectivity index (χ1v) is 7.14. The molecule has 10 nitrogen and oxygen atoms in total. The van der Waals surface area contributed by atoms with E-state index < -0.39 is 30.6 Å². The van der Waals surface area contributed by atoms with Crippen LogP contribution >= 0.6 is 0 Å². The first-order chi connectivity index (χ1) is 11.5. The van der Waals surface area contributed by atoms with Gasteiger partial charge < -0.3 is 24.6 Å². The van der Waals surface area contributed by atoms with Crippen LogP contribution < -0.4 is 5.48 Å². The standard InChI is InChI=1S/C14H17N5O5/c1-14(22)10(21)8(5-20)24-13(14)19-4-7(15-2)9-11(18-23-3)16-6-17-12(9)19/h4,6,8,10,13,20-22H,5H2,1,3H3,(H,16,17,18)/t8?,10?,13?,14-/m1/s1. The molecule has 0 aliphatic carbocycles. The molecular weight excluding hydrogens is 318 g/mol. The van der Waals surface area contributed by atoms with Crippen LogP contribution in [0.25, 0.3) is 15.9 Å². The number of aliphatic hydroxyl groups is 3. The van der Waals surface area contributed by atoms with Crippen LogP contribution in [-0.2, 0) is 9.57 Å². The monoisotopic (exact) mass is 335 g/mol. The van der Waals surface area contributed by atoms with E-state index in [1.807, 2.05) is 0 Å². The van der Waals surface area contributed by atoms with Crippen LogP contribution in [0, 0.1) is 6.57 Å². The minimum absolute atomic E-state index is 0.228. The minimum Gasteiger partial charge on any atom is -0.394 e. The van der Waals surface area contributed by atoms with Gasteiger partial charge in [-0.15, -0.1) is 0 Å². The molecule has 2 aromatic rings.